The number of fused-ring (bicyclic) bond motifs is 2. The molecule has 1 unspecified atom stereocenters. The van der Waals surface area contributed by atoms with Gasteiger partial charge in [-0.25, -0.2) is 4.98 Å². The molecule has 0 saturated carbocycles. The molecule has 33 heavy (non-hydrogen) atoms. The number of methoxy groups -OCH3 is 1. The number of benzene rings is 2. The van der Waals surface area contributed by atoms with Gasteiger partial charge in [0.2, 0.25) is 0 Å². The van der Waals surface area contributed by atoms with Crippen LogP contribution in [-0.4, -0.2) is 51.5 Å². The van der Waals surface area contributed by atoms with Crippen LogP contribution in [0.5, 0.6) is 5.75 Å². The van der Waals surface area contributed by atoms with Crippen LogP contribution >= 0.6 is 7.60 Å². The maximum absolute atomic E-state index is 12.8. The van der Waals surface area contributed by atoms with Crippen molar-refractivity contribution in [3.05, 3.63) is 59.4 Å². The molecule has 1 aliphatic rings. The zero-order chi connectivity index (χ0) is 23.6. The third-order valence-electron chi connectivity index (χ3n) is 5.57. The highest BCUT2D eigenvalue weighted by molar-refractivity contribution is 7.51. The number of aromatic nitrogens is 2. The van der Waals surface area contributed by atoms with E-state index >= 15 is 0 Å². The maximum atomic E-state index is 12.8. The smallest absolute Gasteiger partial charge is 0.325 e. The molecule has 1 atom stereocenters. The van der Waals surface area contributed by atoms with Crippen molar-refractivity contribution < 1.29 is 28.3 Å². The van der Waals surface area contributed by atoms with Crippen molar-refractivity contribution in [2.75, 3.05) is 20.4 Å². The second-order valence-corrected chi connectivity index (χ2v) is 9.84. The fourth-order valence-corrected chi connectivity index (χ4v) is 4.42. The normalized spacial score (nSPS) is 15.2. The van der Waals surface area contributed by atoms with Crippen LogP contribution < -0.4 is 4.74 Å². The molecule has 2 heterocycles. The van der Waals surface area contributed by atoms with E-state index in [-0.39, 0.29) is 25.0 Å². The number of ether oxygens (including phenoxy) is 1. The lowest BCUT2D eigenvalue weighted by molar-refractivity contribution is 0.0636. The molecule has 0 fully saturated rings. The summed E-state index contributed by atoms with van der Waals surface area (Å²) in [6.45, 7) is 2.05. The van der Waals surface area contributed by atoms with Crippen molar-refractivity contribution in [2.45, 2.75) is 32.4 Å². The lowest BCUT2D eigenvalue weighted by atomic mass is 10.1. The summed E-state index contributed by atoms with van der Waals surface area (Å²) in [5, 5.41) is 0. The molecule has 10 heteroatoms. The molecule has 1 N–H and O–H groups in total. The lowest BCUT2D eigenvalue weighted by Gasteiger charge is -2.15. The van der Waals surface area contributed by atoms with Crippen molar-refractivity contribution in [1.29, 1.82) is 0 Å². The van der Waals surface area contributed by atoms with Gasteiger partial charge in [0.1, 0.15) is 11.6 Å². The van der Waals surface area contributed by atoms with Crippen molar-refractivity contribution in [3.8, 4) is 5.75 Å². The third kappa shape index (κ3) is 5.00. The van der Waals surface area contributed by atoms with E-state index in [0.29, 0.717) is 35.7 Å². The fraction of sp³-hybridized carbons (Fsp3) is 0.348. The number of nitrogens with zero attached hydrogens (tertiary/aromatic N) is 3. The van der Waals surface area contributed by atoms with E-state index in [1.165, 1.54) is 11.6 Å². The van der Waals surface area contributed by atoms with E-state index in [0.717, 1.165) is 23.9 Å². The van der Waals surface area contributed by atoms with Gasteiger partial charge in [-0.15, -0.1) is 0 Å². The standard InChI is InChI=1S/C23H26N3O6P/c1-31-16-10-11-19-20(14-16)25(12-6-3-7-13-32-33(2,29)30)21(24-19)15-26-22(27)17-8-4-5-9-18(17)23(26)28/h4-5,8-11,14H,3,6-7,12-13,15H2,1-2H3,(H,29,30). The number of amides is 2. The third-order valence-corrected chi connectivity index (χ3v) is 6.23. The SMILES string of the molecule is COc1ccc2nc(CN3C(=O)c4ccccc4C3=O)n(CCCCCOP(C)(=O)O)c2c1. The van der Waals surface area contributed by atoms with Crippen LogP contribution in [0, 0.1) is 0 Å². The van der Waals surface area contributed by atoms with Crippen molar-refractivity contribution in [2.24, 2.45) is 0 Å². The fourth-order valence-electron chi connectivity index (χ4n) is 3.96. The molecule has 2 aromatic carbocycles. The van der Waals surface area contributed by atoms with Gasteiger partial charge in [0.15, 0.2) is 0 Å². The van der Waals surface area contributed by atoms with E-state index in [2.05, 4.69) is 0 Å². The number of aryl methyl sites for hydroxylation is 1. The number of rotatable bonds is 10. The highest BCUT2D eigenvalue weighted by Gasteiger charge is 2.36. The maximum Gasteiger partial charge on any atom is 0.325 e. The summed E-state index contributed by atoms with van der Waals surface area (Å²) in [5.41, 5.74) is 2.41. The molecule has 0 aliphatic carbocycles. The number of unbranched alkanes of at least 4 members (excludes halogenated alkanes) is 2. The Kier molecular flexibility index (Phi) is 6.65. The van der Waals surface area contributed by atoms with Crippen LogP contribution in [0.15, 0.2) is 42.5 Å². The molecule has 174 valence electrons. The Morgan fingerprint density at radius 3 is 2.36 bits per heavy atom. The number of imidazole rings is 1. The van der Waals surface area contributed by atoms with Gasteiger partial charge in [0.05, 0.1) is 42.4 Å². The average Bonchev–Trinajstić information content (AvgIpc) is 3.25. The van der Waals surface area contributed by atoms with Gasteiger partial charge < -0.3 is 18.7 Å². The molecule has 9 nitrogen and oxygen atoms in total. The Balaban J connectivity index is 1.54. The molecule has 0 radical (unpaired) electrons. The topological polar surface area (TPSA) is 111 Å². The van der Waals surface area contributed by atoms with E-state index < -0.39 is 7.60 Å². The average molecular weight is 471 g/mol. The second kappa shape index (κ2) is 9.47. The molecular weight excluding hydrogens is 445 g/mol. The van der Waals surface area contributed by atoms with Crippen LogP contribution in [-0.2, 0) is 22.2 Å². The van der Waals surface area contributed by atoms with E-state index in [1.54, 1.807) is 31.4 Å². The summed E-state index contributed by atoms with van der Waals surface area (Å²) in [6, 6.07) is 12.4. The highest BCUT2D eigenvalue weighted by atomic mass is 31.2. The minimum absolute atomic E-state index is 0.0655. The molecule has 1 aliphatic heterocycles. The summed E-state index contributed by atoms with van der Waals surface area (Å²) in [5.74, 6) is 0.650. The molecule has 0 spiro atoms. The number of carbonyl (C=O) groups is 2. The van der Waals surface area contributed by atoms with Crippen LogP contribution in [0.1, 0.15) is 45.8 Å². The first-order chi connectivity index (χ1) is 15.8. The monoisotopic (exact) mass is 471 g/mol. The van der Waals surface area contributed by atoms with Gasteiger partial charge in [-0.3, -0.25) is 19.1 Å². The van der Waals surface area contributed by atoms with Gasteiger partial charge >= 0.3 is 7.60 Å². The van der Waals surface area contributed by atoms with Crippen LogP contribution in [0.3, 0.4) is 0 Å². The Bertz CT molecular complexity index is 1210. The molecule has 0 bridgehead atoms. The summed E-state index contributed by atoms with van der Waals surface area (Å²) in [4.78, 5) is 40.8. The van der Waals surface area contributed by atoms with Gasteiger partial charge in [0, 0.05) is 19.3 Å². The lowest BCUT2D eigenvalue weighted by Crippen LogP contribution is -2.30. The first-order valence-corrected chi connectivity index (χ1v) is 12.7. The number of hydrogen-bond acceptors (Lipinski definition) is 6. The van der Waals surface area contributed by atoms with Crippen LogP contribution in [0.25, 0.3) is 11.0 Å². The summed E-state index contributed by atoms with van der Waals surface area (Å²) < 4.78 is 23.5. The van der Waals surface area contributed by atoms with Crippen molar-refractivity contribution >= 4 is 30.4 Å². The highest BCUT2D eigenvalue weighted by Crippen LogP contribution is 2.36. The Labute approximate surface area is 191 Å². The number of hydrogen-bond donors (Lipinski definition) is 1. The summed E-state index contributed by atoms with van der Waals surface area (Å²) in [7, 11) is -1.87. The van der Waals surface area contributed by atoms with E-state index in [9.17, 15) is 19.0 Å². The quantitative estimate of drug-likeness (QED) is 0.272. The van der Waals surface area contributed by atoms with Crippen LogP contribution in [0.2, 0.25) is 0 Å². The molecule has 0 saturated heterocycles. The van der Waals surface area contributed by atoms with Crippen molar-refractivity contribution in [1.82, 2.24) is 14.5 Å². The Morgan fingerprint density at radius 1 is 1.03 bits per heavy atom. The van der Waals surface area contributed by atoms with Gasteiger partial charge in [-0.2, -0.15) is 0 Å². The molecule has 3 aromatic rings. The summed E-state index contributed by atoms with van der Waals surface area (Å²) in [6.07, 6.45) is 2.18. The first kappa shape index (κ1) is 23.2. The predicted molar refractivity (Wildman–Crippen MR) is 122 cm³/mol. The minimum Gasteiger partial charge on any atom is -0.497 e. The second-order valence-electron chi connectivity index (χ2n) is 7.97. The minimum atomic E-state index is -3.46. The Hall–Kier alpha value is -3.00. The predicted octanol–water partition coefficient (Wildman–Crippen LogP) is 3.84. The number of imide groups is 1. The zero-order valence-electron chi connectivity index (χ0n) is 18.6. The zero-order valence-corrected chi connectivity index (χ0v) is 19.5. The summed E-state index contributed by atoms with van der Waals surface area (Å²) >= 11 is 0. The molecule has 1 aromatic heterocycles. The molecular formula is C23H26N3O6P. The van der Waals surface area contributed by atoms with Gasteiger partial charge in [0.25, 0.3) is 11.8 Å². The number of carbonyl (C=O) groups excluding carboxylic acids is 2. The van der Waals surface area contributed by atoms with Gasteiger partial charge in [-0.05, 0) is 43.5 Å². The van der Waals surface area contributed by atoms with Crippen LogP contribution in [0.4, 0.5) is 0 Å². The molecule has 2 amide bonds. The Morgan fingerprint density at radius 2 is 1.73 bits per heavy atom. The van der Waals surface area contributed by atoms with Crippen molar-refractivity contribution in [3.63, 3.8) is 0 Å². The van der Waals surface area contributed by atoms with E-state index in [1.807, 2.05) is 22.8 Å². The largest absolute Gasteiger partial charge is 0.497 e. The molecule has 4 rings (SSSR count). The van der Waals surface area contributed by atoms with Gasteiger partial charge in [-0.1, -0.05) is 12.1 Å². The first-order valence-electron chi connectivity index (χ1n) is 10.7. The van der Waals surface area contributed by atoms with E-state index in [4.69, 9.17) is 14.2 Å².